The Bertz CT molecular complexity index is 648. The maximum Gasteiger partial charge on any atom is 0.00330 e. The van der Waals surface area contributed by atoms with Crippen LogP contribution in [0.1, 0.15) is 107 Å². The summed E-state index contributed by atoms with van der Waals surface area (Å²) in [4.78, 5) is 0. The molecule has 0 fully saturated rings. The fraction of sp³-hybridized carbons (Fsp3) is 0.613. The fourth-order valence-electron chi connectivity index (χ4n) is 3.44. The van der Waals surface area contributed by atoms with Gasteiger partial charge in [0.05, 0.1) is 0 Å². The molecule has 0 aliphatic heterocycles. The van der Waals surface area contributed by atoms with Gasteiger partial charge in [-0.1, -0.05) is 86.1 Å². The lowest BCUT2D eigenvalue weighted by Crippen LogP contribution is -2.09. The molecule has 0 heteroatoms. The highest BCUT2D eigenvalue weighted by atomic mass is 14.2. The molecular formula is C31H52. The van der Waals surface area contributed by atoms with Crippen molar-refractivity contribution in [2.75, 3.05) is 0 Å². The van der Waals surface area contributed by atoms with Crippen LogP contribution in [0.4, 0.5) is 0 Å². The highest BCUT2D eigenvalue weighted by Gasteiger charge is 2.15. The third-order valence-electron chi connectivity index (χ3n) is 6.47. The first-order chi connectivity index (χ1) is 14.5. The highest BCUT2D eigenvalue weighted by molar-refractivity contribution is 5.10. The Hall–Kier alpha value is -1.56. The molecule has 0 spiro atoms. The largest absolute Gasteiger partial charge is 0.102 e. The van der Waals surface area contributed by atoms with Crippen LogP contribution < -0.4 is 0 Å². The Balaban J connectivity index is 4.47. The second kappa shape index (κ2) is 16.1. The van der Waals surface area contributed by atoms with E-state index < -0.39 is 0 Å². The van der Waals surface area contributed by atoms with Gasteiger partial charge in [-0.25, -0.2) is 0 Å². The maximum absolute atomic E-state index is 4.12. The van der Waals surface area contributed by atoms with E-state index in [0.717, 1.165) is 12.8 Å². The summed E-state index contributed by atoms with van der Waals surface area (Å²) in [6, 6.07) is 0. The van der Waals surface area contributed by atoms with E-state index in [0.29, 0.717) is 11.8 Å². The Kier molecular flexibility index (Phi) is 15.3. The Labute approximate surface area is 196 Å². The molecule has 0 aromatic heterocycles. The minimum Gasteiger partial charge on any atom is -0.102 e. The standard InChI is InChI=1S/C31H52/c1-11-31(10,23-14-19-28(7)20-21-30(9)26(4)5)24-22-29(8)18-13-17-27(6)16-12-15-25(2)3/h11,15,17,19,22,24,29-30H,1,4,12-14,16,18,20-21,23H2,2-3,5-10H3/b24-22+,27-17+,28-19+. The van der Waals surface area contributed by atoms with Gasteiger partial charge in [-0.15, -0.1) is 6.58 Å². The van der Waals surface area contributed by atoms with Crippen molar-refractivity contribution in [2.45, 2.75) is 107 Å². The van der Waals surface area contributed by atoms with Gasteiger partial charge in [0.15, 0.2) is 0 Å². The summed E-state index contributed by atoms with van der Waals surface area (Å²) in [6.45, 7) is 26.1. The van der Waals surface area contributed by atoms with Crippen LogP contribution in [0, 0.1) is 17.3 Å². The molecule has 176 valence electrons. The molecule has 0 saturated heterocycles. The van der Waals surface area contributed by atoms with Crippen LogP contribution in [0.15, 0.2) is 71.9 Å². The van der Waals surface area contributed by atoms with E-state index in [1.807, 2.05) is 0 Å². The molecule has 31 heavy (non-hydrogen) atoms. The molecular weight excluding hydrogens is 372 g/mol. The summed E-state index contributed by atoms with van der Waals surface area (Å²) in [7, 11) is 0. The molecule has 0 aromatic rings. The van der Waals surface area contributed by atoms with Crippen LogP contribution in [-0.4, -0.2) is 0 Å². The molecule has 3 atom stereocenters. The van der Waals surface area contributed by atoms with Gasteiger partial charge in [-0.2, -0.15) is 0 Å². The average molecular weight is 425 g/mol. The zero-order valence-electron chi connectivity index (χ0n) is 22.2. The molecule has 0 aliphatic rings. The van der Waals surface area contributed by atoms with E-state index in [1.165, 1.54) is 60.8 Å². The van der Waals surface area contributed by atoms with Crippen LogP contribution in [0.5, 0.6) is 0 Å². The first kappa shape index (κ1) is 29.4. The second-order valence-corrected chi connectivity index (χ2v) is 10.4. The molecule has 0 nitrogen and oxygen atoms in total. The van der Waals surface area contributed by atoms with E-state index in [9.17, 15) is 0 Å². The molecule has 0 aliphatic carbocycles. The zero-order chi connectivity index (χ0) is 23.9. The summed E-state index contributed by atoms with van der Waals surface area (Å²) in [5.74, 6) is 1.21. The summed E-state index contributed by atoms with van der Waals surface area (Å²) in [5.41, 5.74) is 5.81. The first-order valence-electron chi connectivity index (χ1n) is 12.4. The predicted octanol–water partition coefficient (Wildman–Crippen LogP) is 10.6. The van der Waals surface area contributed by atoms with E-state index in [-0.39, 0.29) is 5.41 Å². The molecule has 0 amide bonds. The fourth-order valence-corrected chi connectivity index (χ4v) is 3.44. The van der Waals surface area contributed by atoms with Crippen LogP contribution in [0.2, 0.25) is 0 Å². The lowest BCUT2D eigenvalue weighted by Gasteiger charge is -2.22. The predicted molar refractivity (Wildman–Crippen MR) is 144 cm³/mol. The van der Waals surface area contributed by atoms with Crippen molar-refractivity contribution >= 4 is 0 Å². The van der Waals surface area contributed by atoms with Gasteiger partial charge in [-0.05, 0) is 97.8 Å². The Morgan fingerprint density at radius 1 is 0.839 bits per heavy atom. The summed E-state index contributed by atoms with van der Waals surface area (Å²) in [6.07, 6.45) is 23.4. The minimum absolute atomic E-state index is 0.0755. The van der Waals surface area contributed by atoms with Crippen molar-refractivity contribution in [3.63, 3.8) is 0 Å². The Morgan fingerprint density at radius 2 is 1.45 bits per heavy atom. The van der Waals surface area contributed by atoms with E-state index in [1.54, 1.807) is 0 Å². The maximum atomic E-state index is 4.12. The number of rotatable bonds is 16. The van der Waals surface area contributed by atoms with Crippen molar-refractivity contribution < 1.29 is 0 Å². The van der Waals surface area contributed by atoms with Crippen LogP contribution in [-0.2, 0) is 0 Å². The number of allylic oxidation sites excluding steroid dienone is 10. The summed E-state index contributed by atoms with van der Waals surface area (Å²) in [5, 5.41) is 0. The third-order valence-corrected chi connectivity index (χ3v) is 6.47. The molecule has 0 N–H and O–H groups in total. The van der Waals surface area contributed by atoms with Gasteiger partial charge in [0.25, 0.3) is 0 Å². The number of hydrogen-bond acceptors (Lipinski definition) is 0. The van der Waals surface area contributed by atoms with Crippen molar-refractivity contribution in [3.05, 3.63) is 71.9 Å². The lowest BCUT2D eigenvalue weighted by atomic mass is 9.83. The van der Waals surface area contributed by atoms with Gasteiger partial charge in [0.2, 0.25) is 0 Å². The van der Waals surface area contributed by atoms with Crippen molar-refractivity contribution in [1.29, 1.82) is 0 Å². The second-order valence-electron chi connectivity index (χ2n) is 10.4. The zero-order valence-corrected chi connectivity index (χ0v) is 22.2. The highest BCUT2D eigenvalue weighted by Crippen LogP contribution is 2.29. The van der Waals surface area contributed by atoms with E-state index in [2.05, 4.69) is 105 Å². The topological polar surface area (TPSA) is 0 Å². The van der Waals surface area contributed by atoms with E-state index in [4.69, 9.17) is 0 Å². The van der Waals surface area contributed by atoms with Gasteiger partial charge < -0.3 is 0 Å². The van der Waals surface area contributed by atoms with E-state index >= 15 is 0 Å². The SMILES string of the molecule is C=CC(C)(/C=C/C(C)CC/C=C(\C)CCC=C(C)C)CC/C=C(\C)CCC(C)C(=C)C. The first-order valence-corrected chi connectivity index (χ1v) is 12.4. The van der Waals surface area contributed by atoms with Crippen molar-refractivity contribution in [2.24, 2.45) is 17.3 Å². The van der Waals surface area contributed by atoms with Gasteiger partial charge >= 0.3 is 0 Å². The van der Waals surface area contributed by atoms with Crippen LogP contribution in [0.3, 0.4) is 0 Å². The minimum atomic E-state index is 0.0755. The quantitative estimate of drug-likeness (QED) is 0.216. The molecule has 0 bridgehead atoms. The van der Waals surface area contributed by atoms with Gasteiger partial charge in [0.1, 0.15) is 0 Å². The van der Waals surface area contributed by atoms with Gasteiger partial charge in [0, 0.05) is 5.41 Å². The average Bonchev–Trinajstić information content (AvgIpc) is 2.70. The summed E-state index contributed by atoms with van der Waals surface area (Å²) >= 11 is 0. The molecule has 0 heterocycles. The normalized spacial score (nSPS) is 16.6. The Morgan fingerprint density at radius 3 is 2.03 bits per heavy atom. The number of hydrogen-bond donors (Lipinski definition) is 0. The molecule has 0 rings (SSSR count). The summed E-state index contributed by atoms with van der Waals surface area (Å²) < 4.78 is 0. The molecule has 0 aromatic carbocycles. The smallest absolute Gasteiger partial charge is 0.00330 e. The monoisotopic (exact) mass is 424 g/mol. The van der Waals surface area contributed by atoms with Crippen LogP contribution >= 0.6 is 0 Å². The lowest BCUT2D eigenvalue weighted by molar-refractivity contribution is 0.498. The van der Waals surface area contributed by atoms with Crippen LogP contribution in [0.25, 0.3) is 0 Å². The van der Waals surface area contributed by atoms with Gasteiger partial charge in [-0.3, -0.25) is 0 Å². The van der Waals surface area contributed by atoms with Crippen molar-refractivity contribution in [1.82, 2.24) is 0 Å². The molecule has 3 unspecified atom stereocenters. The molecule has 0 radical (unpaired) electrons. The van der Waals surface area contributed by atoms with Crippen molar-refractivity contribution in [3.8, 4) is 0 Å². The third kappa shape index (κ3) is 15.8. The molecule has 0 saturated carbocycles.